The minimum atomic E-state index is -1.06. The van der Waals surface area contributed by atoms with E-state index < -0.39 is 11.2 Å². The molecule has 0 aromatic carbocycles. The first kappa shape index (κ1) is 17.7. The zero-order valence-corrected chi connectivity index (χ0v) is 13.0. The van der Waals surface area contributed by atoms with Crippen molar-refractivity contribution in [2.75, 3.05) is 7.05 Å². The average molecular weight is 298 g/mol. The van der Waals surface area contributed by atoms with Crippen LogP contribution in [-0.4, -0.2) is 40.3 Å². The fourth-order valence-electron chi connectivity index (χ4n) is 2.56. The van der Waals surface area contributed by atoms with Crippen LogP contribution in [0.3, 0.4) is 0 Å². The van der Waals surface area contributed by atoms with Gasteiger partial charge in [0.25, 0.3) is 0 Å². The van der Waals surface area contributed by atoms with Crippen LogP contribution < -0.4 is 0 Å². The molecule has 0 unspecified atom stereocenters. The minimum absolute atomic E-state index is 0. The maximum Gasteiger partial charge on any atom is 0.391 e. The molecule has 18 heavy (non-hydrogen) atoms. The lowest BCUT2D eigenvalue weighted by Gasteiger charge is -2.53. The summed E-state index contributed by atoms with van der Waals surface area (Å²) >= 11 is 5.09. The lowest BCUT2D eigenvalue weighted by molar-refractivity contribution is -0.162. The van der Waals surface area contributed by atoms with Gasteiger partial charge in [0.05, 0.1) is 0 Å². The molecule has 1 aliphatic heterocycles. The van der Waals surface area contributed by atoms with Gasteiger partial charge in [0, 0.05) is 23.9 Å². The summed E-state index contributed by atoms with van der Waals surface area (Å²) in [6, 6.07) is 0. The van der Waals surface area contributed by atoms with Crippen LogP contribution in [0, 0.1) is 0 Å². The smallest absolute Gasteiger partial charge is 0.391 e. The molecule has 0 spiro atoms. The van der Waals surface area contributed by atoms with Crippen molar-refractivity contribution in [1.82, 2.24) is 4.90 Å². The van der Waals surface area contributed by atoms with E-state index in [1.165, 1.54) is 0 Å². The lowest BCUT2D eigenvalue weighted by Crippen LogP contribution is -2.60. The number of likely N-dealkylation sites (tertiary alicyclic amines) is 1. The Morgan fingerprint density at radius 3 is 1.89 bits per heavy atom. The number of rotatable bonds is 2. The molecule has 0 bridgehead atoms. The fraction of sp³-hybridized carbons (Fsp3) is 0.833. The SMILES string of the molecule is CN1C(C)(C)CC(OC(=O)C(=O)Cl)CC1(C)C.Cl. The van der Waals surface area contributed by atoms with Crippen molar-refractivity contribution in [2.24, 2.45) is 0 Å². The van der Waals surface area contributed by atoms with Gasteiger partial charge < -0.3 is 4.74 Å². The predicted molar refractivity (Wildman–Crippen MR) is 73.1 cm³/mol. The molecule has 0 aromatic rings. The third-order valence-electron chi connectivity index (χ3n) is 3.70. The highest BCUT2D eigenvalue weighted by atomic mass is 35.5. The molecule has 106 valence electrons. The molecular formula is C12H21Cl2NO3. The molecule has 6 heteroatoms. The molecule has 0 amide bonds. The van der Waals surface area contributed by atoms with E-state index in [0.717, 1.165) is 0 Å². The number of ether oxygens (including phenoxy) is 1. The summed E-state index contributed by atoms with van der Waals surface area (Å²) in [5.74, 6) is -0.951. The molecule has 0 radical (unpaired) electrons. The lowest BCUT2D eigenvalue weighted by atomic mass is 9.79. The quantitative estimate of drug-likeness (QED) is 0.446. The van der Waals surface area contributed by atoms with E-state index in [0.29, 0.717) is 12.8 Å². The van der Waals surface area contributed by atoms with Crippen LogP contribution in [0.5, 0.6) is 0 Å². The van der Waals surface area contributed by atoms with Crippen molar-refractivity contribution < 1.29 is 14.3 Å². The van der Waals surface area contributed by atoms with Crippen LogP contribution in [0.4, 0.5) is 0 Å². The Bertz CT molecular complexity index is 324. The maximum atomic E-state index is 11.2. The number of piperidine rings is 1. The van der Waals surface area contributed by atoms with Crippen molar-refractivity contribution in [2.45, 2.75) is 57.7 Å². The van der Waals surface area contributed by atoms with Gasteiger partial charge in [-0.25, -0.2) is 4.79 Å². The number of esters is 1. The summed E-state index contributed by atoms with van der Waals surface area (Å²) in [4.78, 5) is 24.2. The Hall–Kier alpha value is -0.320. The second kappa shape index (κ2) is 5.76. The van der Waals surface area contributed by atoms with Crippen LogP contribution in [0.1, 0.15) is 40.5 Å². The van der Waals surface area contributed by atoms with Crippen molar-refractivity contribution in [3.05, 3.63) is 0 Å². The van der Waals surface area contributed by atoms with Gasteiger partial charge >= 0.3 is 11.2 Å². The van der Waals surface area contributed by atoms with E-state index >= 15 is 0 Å². The number of hydrogen-bond acceptors (Lipinski definition) is 4. The molecule has 1 saturated heterocycles. The predicted octanol–water partition coefficient (Wildman–Crippen LogP) is 2.37. The van der Waals surface area contributed by atoms with Crippen LogP contribution >= 0.6 is 24.0 Å². The molecule has 4 nitrogen and oxygen atoms in total. The van der Waals surface area contributed by atoms with Gasteiger partial charge in [-0.3, -0.25) is 9.69 Å². The third kappa shape index (κ3) is 3.84. The Morgan fingerprint density at radius 2 is 1.56 bits per heavy atom. The zero-order valence-electron chi connectivity index (χ0n) is 11.4. The molecule has 0 aromatic heterocycles. The number of carbonyl (C=O) groups excluding carboxylic acids is 2. The molecule has 0 saturated carbocycles. The standard InChI is InChI=1S/C12H20ClNO3.ClH/c1-11(2)6-8(17-10(16)9(13)15)7-12(3,4)14(11)5;/h8H,6-7H2,1-5H3;1H. The molecule has 1 rings (SSSR count). The summed E-state index contributed by atoms with van der Waals surface area (Å²) in [6.07, 6.45) is 1.14. The van der Waals surface area contributed by atoms with Crippen molar-refractivity contribution in [3.8, 4) is 0 Å². The molecule has 0 aliphatic carbocycles. The van der Waals surface area contributed by atoms with E-state index in [-0.39, 0.29) is 29.6 Å². The van der Waals surface area contributed by atoms with E-state index in [1.54, 1.807) is 0 Å². The largest absolute Gasteiger partial charge is 0.456 e. The monoisotopic (exact) mass is 297 g/mol. The van der Waals surface area contributed by atoms with E-state index in [2.05, 4.69) is 39.6 Å². The van der Waals surface area contributed by atoms with Gasteiger partial charge in [0.15, 0.2) is 0 Å². The fourth-order valence-corrected chi connectivity index (χ4v) is 2.61. The first-order chi connectivity index (χ1) is 7.56. The van der Waals surface area contributed by atoms with E-state index in [1.807, 2.05) is 0 Å². The molecule has 0 N–H and O–H groups in total. The zero-order chi connectivity index (χ0) is 13.4. The van der Waals surface area contributed by atoms with E-state index in [4.69, 9.17) is 16.3 Å². The van der Waals surface area contributed by atoms with Gasteiger partial charge in [-0.05, 0) is 46.3 Å². The van der Waals surface area contributed by atoms with Gasteiger partial charge in [0.2, 0.25) is 0 Å². The number of hydrogen-bond donors (Lipinski definition) is 0. The summed E-state index contributed by atoms with van der Waals surface area (Å²) in [6.45, 7) is 8.38. The van der Waals surface area contributed by atoms with Crippen LogP contribution in [-0.2, 0) is 14.3 Å². The molecule has 0 atom stereocenters. The topological polar surface area (TPSA) is 46.6 Å². The summed E-state index contributed by atoms with van der Waals surface area (Å²) in [5.41, 5.74) is -0.163. The highest BCUT2D eigenvalue weighted by Gasteiger charge is 2.44. The van der Waals surface area contributed by atoms with Gasteiger partial charge in [-0.1, -0.05) is 0 Å². The van der Waals surface area contributed by atoms with Gasteiger partial charge in [0.1, 0.15) is 6.10 Å². The number of halogens is 2. The van der Waals surface area contributed by atoms with Gasteiger partial charge in [-0.2, -0.15) is 0 Å². The maximum absolute atomic E-state index is 11.2. The average Bonchev–Trinajstić information content (AvgIpc) is 2.12. The minimum Gasteiger partial charge on any atom is -0.456 e. The van der Waals surface area contributed by atoms with E-state index in [9.17, 15) is 9.59 Å². The first-order valence-corrected chi connectivity index (χ1v) is 6.08. The molecule has 1 heterocycles. The summed E-state index contributed by atoms with van der Waals surface area (Å²) in [5, 5.41) is -1.06. The van der Waals surface area contributed by atoms with Crippen molar-refractivity contribution in [1.29, 1.82) is 0 Å². The van der Waals surface area contributed by atoms with Crippen molar-refractivity contribution in [3.63, 3.8) is 0 Å². The van der Waals surface area contributed by atoms with Crippen LogP contribution in [0.2, 0.25) is 0 Å². The van der Waals surface area contributed by atoms with Crippen LogP contribution in [0.25, 0.3) is 0 Å². The highest BCUT2D eigenvalue weighted by molar-refractivity contribution is 6.80. The number of nitrogens with zero attached hydrogens (tertiary/aromatic N) is 1. The molecule has 1 fully saturated rings. The third-order valence-corrected chi connectivity index (χ3v) is 3.86. The Labute approximate surface area is 119 Å². The van der Waals surface area contributed by atoms with Crippen molar-refractivity contribution >= 4 is 35.2 Å². The first-order valence-electron chi connectivity index (χ1n) is 5.71. The summed E-state index contributed by atoms with van der Waals surface area (Å²) in [7, 11) is 2.06. The highest BCUT2D eigenvalue weighted by Crippen LogP contribution is 2.38. The van der Waals surface area contributed by atoms with Crippen LogP contribution in [0.15, 0.2) is 0 Å². The Balaban J connectivity index is 0.00000289. The summed E-state index contributed by atoms with van der Waals surface area (Å²) < 4.78 is 5.13. The number of carbonyl (C=O) groups is 2. The Kier molecular flexibility index (Phi) is 5.66. The molecule has 1 aliphatic rings. The van der Waals surface area contributed by atoms with Gasteiger partial charge in [-0.15, -0.1) is 12.4 Å². The Morgan fingerprint density at radius 1 is 1.17 bits per heavy atom. The second-order valence-corrected chi connectivity index (χ2v) is 6.24. The normalized spacial score (nSPS) is 23.0. The second-order valence-electron chi connectivity index (χ2n) is 5.89. The molecular weight excluding hydrogens is 277 g/mol.